The van der Waals surface area contributed by atoms with Gasteiger partial charge in [-0.15, -0.1) is 0 Å². The van der Waals surface area contributed by atoms with Crippen LogP contribution in [-0.2, 0) is 4.74 Å². The first-order valence-corrected chi connectivity index (χ1v) is 4.11. The van der Waals surface area contributed by atoms with Crippen LogP contribution in [0.1, 0.15) is 10.4 Å². The Morgan fingerprint density at radius 3 is 3.00 bits per heavy atom. The molecule has 0 aliphatic carbocycles. The molecule has 0 atom stereocenters. The predicted octanol–water partition coefficient (Wildman–Crippen LogP) is 1.42. The first kappa shape index (κ1) is 8.62. The molecule has 4 heteroatoms. The summed E-state index contributed by atoms with van der Waals surface area (Å²) in [5.74, 6) is -0.358. The average Bonchev–Trinajstić information content (AvgIpc) is 2.27. The van der Waals surface area contributed by atoms with Crippen molar-refractivity contribution in [2.24, 2.45) is 0 Å². The Kier molecular flexibility index (Phi) is 2.10. The Balaban J connectivity index is 2.71. The summed E-state index contributed by atoms with van der Waals surface area (Å²) in [6.07, 6.45) is 1.55. The lowest BCUT2D eigenvalue weighted by Gasteiger charge is -2.02. The van der Waals surface area contributed by atoms with Crippen LogP contribution in [0.2, 0.25) is 0 Å². The van der Waals surface area contributed by atoms with E-state index >= 15 is 0 Å². The molecular weight excluding hydrogens is 180 g/mol. The number of hydrogen-bond acceptors (Lipinski definition) is 4. The molecule has 0 unspecified atom stereocenters. The molecule has 2 rings (SSSR count). The number of nitrogens with zero attached hydrogens (tertiary/aromatic N) is 2. The minimum atomic E-state index is -0.358. The van der Waals surface area contributed by atoms with Gasteiger partial charge in [0.25, 0.3) is 0 Å². The van der Waals surface area contributed by atoms with Gasteiger partial charge in [0.05, 0.1) is 24.4 Å². The standard InChI is InChI=1S/C10H8N2O2/c1-14-10(13)8-3-2-4-9-7(8)5-6-11-12-9/h2-6H,1H3. The lowest BCUT2D eigenvalue weighted by Crippen LogP contribution is -2.02. The lowest BCUT2D eigenvalue weighted by atomic mass is 10.1. The van der Waals surface area contributed by atoms with Crippen LogP contribution in [0, 0.1) is 0 Å². The highest BCUT2D eigenvalue weighted by Gasteiger charge is 2.09. The van der Waals surface area contributed by atoms with Crippen molar-refractivity contribution in [1.29, 1.82) is 0 Å². The quantitative estimate of drug-likeness (QED) is 0.635. The normalized spacial score (nSPS) is 10.1. The summed E-state index contributed by atoms with van der Waals surface area (Å²) in [5, 5.41) is 8.40. The predicted molar refractivity (Wildman–Crippen MR) is 50.9 cm³/mol. The maximum absolute atomic E-state index is 11.4. The van der Waals surface area contributed by atoms with E-state index in [1.807, 2.05) is 0 Å². The second kappa shape index (κ2) is 3.41. The molecule has 0 aliphatic heterocycles. The highest BCUT2D eigenvalue weighted by atomic mass is 16.5. The van der Waals surface area contributed by atoms with E-state index in [0.29, 0.717) is 11.1 Å². The summed E-state index contributed by atoms with van der Waals surface area (Å²) in [7, 11) is 1.36. The monoisotopic (exact) mass is 188 g/mol. The smallest absolute Gasteiger partial charge is 0.338 e. The second-order valence-electron chi connectivity index (χ2n) is 2.76. The van der Waals surface area contributed by atoms with Gasteiger partial charge < -0.3 is 4.74 Å². The maximum atomic E-state index is 11.4. The third-order valence-electron chi connectivity index (χ3n) is 1.96. The number of fused-ring (bicyclic) bond motifs is 1. The Morgan fingerprint density at radius 1 is 1.36 bits per heavy atom. The van der Waals surface area contributed by atoms with E-state index in [-0.39, 0.29) is 5.97 Å². The van der Waals surface area contributed by atoms with Crippen LogP contribution in [-0.4, -0.2) is 23.3 Å². The molecule has 0 aliphatic rings. The molecule has 1 aromatic carbocycles. The molecule has 2 aromatic rings. The van der Waals surface area contributed by atoms with Crippen LogP contribution >= 0.6 is 0 Å². The highest BCUT2D eigenvalue weighted by molar-refractivity contribution is 6.03. The summed E-state index contributed by atoms with van der Waals surface area (Å²) in [6, 6.07) is 7.00. The van der Waals surface area contributed by atoms with Gasteiger partial charge in [-0.3, -0.25) is 0 Å². The Morgan fingerprint density at radius 2 is 2.21 bits per heavy atom. The third-order valence-corrected chi connectivity index (χ3v) is 1.96. The fraction of sp³-hybridized carbons (Fsp3) is 0.100. The van der Waals surface area contributed by atoms with Crippen molar-refractivity contribution in [1.82, 2.24) is 10.2 Å². The van der Waals surface area contributed by atoms with Crippen LogP contribution in [0.4, 0.5) is 0 Å². The first-order chi connectivity index (χ1) is 6.83. The molecule has 0 fully saturated rings. The molecule has 70 valence electrons. The molecule has 0 spiro atoms. The van der Waals surface area contributed by atoms with Gasteiger partial charge in [-0.05, 0) is 18.2 Å². The highest BCUT2D eigenvalue weighted by Crippen LogP contribution is 2.15. The van der Waals surface area contributed by atoms with E-state index in [4.69, 9.17) is 0 Å². The number of rotatable bonds is 1. The van der Waals surface area contributed by atoms with Crippen LogP contribution in [0.3, 0.4) is 0 Å². The number of ether oxygens (including phenoxy) is 1. The number of methoxy groups -OCH3 is 1. The van der Waals surface area contributed by atoms with E-state index < -0.39 is 0 Å². The van der Waals surface area contributed by atoms with Crippen molar-refractivity contribution < 1.29 is 9.53 Å². The number of benzene rings is 1. The maximum Gasteiger partial charge on any atom is 0.338 e. The zero-order valence-electron chi connectivity index (χ0n) is 7.60. The number of hydrogen-bond donors (Lipinski definition) is 0. The van der Waals surface area contributed by atoms with Crippen LogP contribution in [0.25, 0.3) is 10.9 Å². The van der Waals surface area contributed by atoms with Gasteiger partial charge in [-0.25, -0.2) is 4.79 Å². The Hall–Kier alpha value is -1.97. The molecule has 0 N–H and O–H groups in total. The molecule has 0 bridgehead atoms. The summed E-state index contributed by atoms with van der Waals surface area (Å²) >= 11 is 0. The average molecular weight is 188 g/mol. The van der Waals surface area contributed by atoms with E-state index in [1.54, 1.807) is 30.5 Å². The van der Waals surface area contributed by atoms with E-state index in [2.05, 4.69) is 14.9 Å². The zero-order chi connectivity index (χ0) is 9.97. The summed E-state index contributed by atoms with van der Waals surface area (Å²) in [5.41, 5.74) is 1.20. The molecule has 14 heavy (non-hydrogen) atoms. The summed E-state index contributed by atoms with van der Waals surface area (Å²) < 4.78 is 4.66. The van der Waals surface area contributed by atoms with E-state index in [9.17, 15) is 4.79 Å². The van der Waals surface area contributed by atoms with Crippen molar-refractivity contribution in [2.75, 3.05) is 7.11 Å². The molecule has 0 saturated heterocycles. The molecule has 1 aromatic heterocycles. The lowest BCUT2D eigenvalue weighted by molar-refractivity contribution is 0.0603. The zero-order valence-corrected chi connectivity index (χ0v) is 7.60. The number of carbonyl (C=O) groups is 1. The van der Waals surface area contributed by atoms with Crippen molar-refractivity contribution in [3.63, 3.8) is 0 Å². The topological polar surface area (TPSA) is 52.1 Å². The van der Waals surface area contributed by atoms with Crippen molar-refractivity contribution in [2.45, 2.75) is 0 Å². The number of aromatic nitrogens is 2. The van der Waals surface area contributed by atoms with Crippen molar-refractivity contribution >= 4 is 16.9 Å². The Bertz CT molecular complexity index is 477. The second-order valence-corrected chi connectivity index (χ2v) is 2.76. The van der Waals surface area contributed by atoms with Gasteiger partial charge in [0.1, 0.15) is 0 Å². The fourth-order valence-electron chi connectivity index (χ4n) is 1.31. The molecule has 0 saturated carbocycles. The Labute approximate surface area is 80.5 Å². The van der Waals surface area contributed by atoms with Crippen molar-refractivity contribution in [3.8, 4) is 0 Å². The van der Waals surface area contributed by atoms with E-state index in [1.165, 1.54) is 7.11 Å². The molecule has 4 nitrogen and oxygen atoms in total. The summed E-state index contributed by atoms with van der Waals surface area (Å²) in [4.78, 5) is 11.4. The molecule has 0 amide bonds. The van der Waals surface area contributed by atoms with Gasteiger partial charge in [-0.2, -0.15) is 10.2 Å². The molecule has 0 radical (unpaired) electrons. The third kappa shape index (κ3) is 1.31. The summed E-state index contributed by atoms with van der Waals surface area (Å²) in [6.45, 7) is 0. The minimum absolute atomic E-state index is 0.358. The molecule has 1 heterocycles. The first-order valence-electron chi connectivity index (χ1n) is 4.11. The van der Waals surface area contributed by atoms with Gasteiger partial charge in [-0.1, -0.05) is 6.07 Å². The van der Waals surface area contributed by atoms with Crippen molar-refractivity contribution in [3.05, 3.63) is 36.0 Å². The number of esters is 1. The SMILES string of the molecule is COC(=O)c1cccc2nnccc12. The largest absolute Gasteiger partial charge is 0.465 e. The molecular formula is C10H8N2O2. The van der Waals surface area contributed by atoms with Crippen LogP contribution in [0.15, 0.2) is 30.5 Å². The van der Waals surface area contributed by atoms with Crippen LogP contribution in [0.5, 0.6) is 0 Å². The van der Waals surface area contributed by atoms with Gasteiger partial charge in [0.2, 0.25) is 0 Å². The van der Waals surface area contributed by atoms with Gasteiger partial charge in [0.15, 0.2) is 0 Å². The fourth-order valence-corrected chi connectivity index (χ4v) is 1.31. The minimum Gasteiger partial charge on any atom is -0.465 e. The van der Waals surface area contributed by atoms with E-state index in [0.717, 1.165) is 5.39 Å². The van der Waals surface area contributed by atoms with Gasteiger partial charge in [0, 0.05) is 5.39 Å². The number of carbonyl (C=O) groups excluding carboxylic acids is 1. The van der Waals surface area contributed by atoms with Crippen LogP contribution < -0.4 is 0 Å². The van der Waals surface area contributed by atoms with Gasteiger partial charge >= 0.3 is 5.97 Å².